The number of amides is 2. The van der Waals surface area contributed by atoms with Crippen LogP contribution in [0.25, 0.3) is 16.6 Å². The van der Waals surface area contributed by atoms with E-state index in [1.54, 1.807) is 48.5 Å². The number of aromatic nitrogens is 2. The first-order chi connectivity index (χ1) is 17.4. The number of carbonyl (C=O) groups excluding carboxylic acids is 2. The van der Waals surface area contributed by atoms with Crippen LogP contribution >= 0.6 is 11.8 Å². The number of benzene rings is 3. The molecule has 4 aromatic rings. The van der Waals surface area contributed by atoms with Crippen LogP contribution in [-0.2, 0) is 4.79 Å². The lowest BCUT2D eigenvalue weighted by molar-refractivity contribution is -0.384. The molecule has 36 heavy (non-hydrogen) atoms. The maximum absolute atomic E-state index is 13.4. The normalized spacial score (nSPS) is 10.6. The molecule has 2 amide bonds. The van der Waals surface area contributed by atoms with E-state index in [9.17, 15) is 24.5 Å². The van der Waals surface area contributed by atoms with Crippen LogP contribution in [-0.4, -0.2) is 39.2 Å². The highest BCUT2D eigenvalue weighted by Gasteiger charge is 2.18. The predicted molar refractivity (Wildman–Crippen MR) is 133 cm³/mol. The van der Waals surface area contributed by atoms with Crippen molar-refractivity contribution in [2.45, 2.75) is 5.16 Å². The van der Waals surface area contributed by atoms with Crippen LogP contribution in [0.5, 0.6) is 5.75 Å². The number of rotatable bonds is 7. The molecular formula is C24H19N5O6S. The first kappa shape index (κ1) is 24.4. The standard InChI is InChI=1S/C24H19N5O6S/c1-35-20-9-5-4-8-19(20)28-23(32)17-6-2-3-7-18(17)25-24(28)36-14-21(30)26-27-22(31)15-10-12-16(13-11-15)29(33)34/h2-13H,14H2,1H3,(H,26,30)(H,27,31). The van der Waals surface area contributed by atoms with E-state index in [1.807, 2.05) is 0 Å². The Morgan fingerprint density at radius 1 is 1.03 bits per heavy atom. The summed E-state index contributed by atoms with van der Waals surface area (Å²) in [5, 5.41) is 11.4. The zero-order valence-electron chi connectivity index (χ0n) is 18.8. The van der Waals surface area contributed by atoms with E-state index in [1.165, 1.54) is 35.9 Å². The highest BCUT2D eigenvalue weighted by atomic mass is 32.2. The minimum Gasteiger partial charge on any atom is -0.495 e. The van der Waals surface area contributed by atoms with E-state index in [-0.39, 0.29) is 27.7 Å². The van der Waals surface area contributed by atoms with Crippen molar-refractivity contribution >= 4 is 40.2 Å². The SMILES string of the molecule is COc1ccccc1-n1c(SCC(=O)NNC(=O)c2ccc([N+](=O)[O-])cc2)nc2ccccc2c1=O. The van der Waals surface area contributed by atoms with Gasteiger partial charge in [0.2, 0.25) is 5.91 Å². The van der Waals surface area contributed by atoms with Gasteiger partial charge in [-0.15, -0.1) is 0 Å². The number of nitrogens with one attached hydrogen (secondary N) is 2. The number of nitro groups is 1. The molecule has 0 radical (unpaired) electrons. The van der Waals surface area contributed by atoms with Gasteiger partial charge >= 0.3 is 0 Å². The summed E-state index contributed by atoms with van der Waals surface area (Å²) in [7, 11) is 1.49. The molecule has 0 aliphatic carbocycles. The molecule has 0 saturated carbocycles. The summed E-state index contributed by atoms with van der Waals surface area (Å²) < 4.78 is 6.80. The van der Waals surface area contributed by atoms with Crippen molar-refractivity contribution in [2.75, 3.05) is 12.9 Å². The van der Waals surface area contributed by atoms with E-state index in [0.29, 0.717) is 22.3 Å². The fraction of sp³-hybridized carbons (Fsp3) is 0.0833. The van der Waals surface area contributed by atoms with E-state index in [4.69, 9.17) is 4.74 Å². The van der Waals surface area contributed by atoms with Gasteiger partial charge in [-0.05, 0) is 36.4 Å². The molecule has 0 aliphatic heterocycles. The Morgan fingerprint density at radius 3 is 2.44 bits per heavy atom. The molecule has 1 heterocycles. The third kappa shape index (κ3) is 5.18. The first-order valence-electron chi connectivity index (χ1n) is 10.5. The molecule has 0 bridgehead atoms. The van der Waals surface area contributed by atoms with Crippen molar-refractivity contribution in [1.82, 2.24) is 20.4 Å². The van der Waals surface area contributed by atoms with E-state index in [2.05, 4.69) is 15.8 Å². The minimum absolute atomic E-state index is 0.134. The van der Waals surface area contributed by atoms with Gasteiger partial charge in [0, 0.05) is 17.7 Å². The number of hydrazine groups is 1. The molecule has 3 aromatic carbocycles. The number of hydrogen-bond acceptors (Lipinski definition) is 8. The number of ether oxygens (including phenoxy) is 1. The Bertz CT molecular complexity index is 1520. The van der Waals surface area contributed by atoms with Crippen LogP contribution in [0.3, 0.4) is 0 Å². The fourth-order valence-corrected chi connectivity index (χ4v) is 4.14. The number of carbonyl (C=O) groups is 2. The average molecular weight is 506 g/mol. The number of fused-ring (bicyclic) bond motifs is 1. The average Bonchev–Trinajstić information content (AvgIpc) is 2.90. The molecule has 11 nitrogen and oxygen atoms in total. The molecule has 0 spiro atoms. The van der Waals surface area contributed by atoms with E-state index < -0.39 is 16.7 Å². The zero-order valence-corrected chi connectivity index (χ0v) is 19.7. The molecule has 182 valence electrons. The summed E-state index contributed by atoms with van der Waals surface area (Å²) in [6.07, 6.45) is 0. The summed E-state index contributed by atoms with van der Waals surface area (Å²) in [4.78, 5) is 52.8. The van der Waals surface area contributed by atoms with Crippen LogP contribution in [0.15, 0.2) is 82.7 Å². The first-order valence-corrected chi connectivity index (χ1v) is 11.5. The fourth-order valence-electron chi connectivity index (χ4n) is 3.34. The topological polar surface area (TPSA) is 145 Å². The van der Waals surface area contributed by atoms with Crippen LogP contribution in [0.1, 0.15) is 10.4 Å². The van der Waals surface area contributed by atoms with Gasteiger partial charge in [0.15, 0.2) is 5.16 Å². The van der Waals surface area contributed by atoms with Crippen molar-refractivity contribution in [3.63, 3.8) is 0 Å². The number of methoxy groups -OCH3 is 1. The monoisotopic (exact) mass is 505 g/mol. The maximum Gasteiger partial charge on any atom is 0.269 e. The lowest BCUT2D eigenvalue weighted by Gasteiger charge is -2.15. The molecule has 0 saturated heterocycles. The quantitative estimate of drug-likeness (QED) is 0.169. The van der Waals surface area contributed by atoms with Gasteiger partial charge in [0.25, 0.3) is 17.2 Å². The number of para-hydroxylation sites is 3. The van der Waals surface area contributed by atoms with Gasteiger partial charge in [-0.3, -0.25) is 39.9 Å². The smallest absolute Gasteiger partial charge is 0.269 e. The Kier molecular flexibility index (Phi) is 7.25. The lowest BCUT2D eigenvalue weighted by atomic mass is 10.2. The molecule has 0 aliphatic rings. The molecule has 12 heteroatoms. The van der Waals surface area contributed by atoms with Crippen molar-refractivity contribution in [1.29, 1.82) is 0 Å². The number of thioether (sulfide) groups is 1. The lowest BCUT2D eigenvalue weighted by Crippen LogP contribution is -2.42. The predicted octanol–water partition coefficient (Wildman–Crippen LogP) is 2.86. The largest absolute Gasteiger partial charge is 0.495 e. The third-order valence-electron chi connectivity index (χ3n) is 5.06. The summed E-state index contributed by atoms with van der Waals surface area (Å²) in [5.41, 5.74) is 5.15. The van der Waals surface area contributed by atoms with Crippen LogP contribution in [0.2, 0.25) is 0 Å². The number of non-ortho nitro benzene ring substituents is 1. The molecular weight excluding hydrogens is 486 g/mol. The second kappa shape index (κ2) is 10.7. The Hall–Kier alpha value is -4.71. The summed E-state index contributed by atoms with van der Waals surface area (Å²) in [6, 6.07) is 18.8. The number of hydrogen-bond donors (Lipinski definition) is 2. The second-order valence-corrected chi connectivity index (χ2v) is 8.26. The minimum atomic E-state index is -0.641. The van der Waals surface area contributed by atoms with E-state index in [0.717, 1.165) is 11.8 Å². The Labute approximate surface area is 208 Å². The van der Waals surface area contributed by atoms with Gasteiger partial charge in [-0.1, -0.05) is 36.0 Å². The van der Waals surface area contributed by atoms with Crippen molar-refractivity contribution in [3.05, 3.63) is 98.8 Å². The molecule has 0 fully saturated rings. The third-order valence-corrected chi connectivity index (χ3v) is 6.00. The summed E-state index contributed by atoms with van der Waals surface area (Å²) in [6.45, 7) is 0. The van der Waals surface area contributed by atoms with Gasteiger partial charge < -0.3 is 4.74 Å². The second-order valence-electron chi connectivity index (χ2n) is 7.32. The number of nitro benzene ring substituents is 1. The van der Waals surface area contributed by atoms with Gasteiger partial charge in [-0.25, -0.2) is 4.98 Å². The highest BCUT2D eigenvalue weighted by Crippen LogP contribution is 2.27. The van der Waals surface area contributed by atoms with E-state index >= 15 is 0 Å². The Morgan fingerprint density at radius 2 is 1.72 bits per heavy atom. The zero-order chi connectivity index (χ0) is 25.7. The van der Waals surface area contributed by atoms with Crippen LogP contribution in [0, 0.1) is 10.1 Å². The van der Waals surface area contributed by atoms with Crippen molar-refractivity contribution < 1.29 is 19.2 Å². The maximum atomic E-state index is 13.4. The molecule has 2 N–H and O–H groups in total. The van der Waals surface area contributed by atoms with Gasteiger partial charge in [-0.2, -0.15) is 0 Å². The molecule has 0 unspecified atom stereocenters. The van der Waals surface area contributed by atoms with Gasteiger partial charge in [0.1, 0.15) is 5.75 Å². The summed E-state index contributed by atoms with van der Waals surface area (Å²) >= 11 is 1.01. The molecule has 0 atom stereocenters. The number of nitrogens with zero attached hydrogens (tertiary/aromatic N) is 3. The molecule has 4 rings (SSSR count). The summed E-state index contributed by atoms with van der Waals surface area (Å²) in [5.74, 6) is -0.902. The van der Waals surface area contributed by atoms with Gasteiger partial charge in [0.05, 0.1) is 34.4 Å². The van der Waals surface area contributed by atoms with Crippen LogP contribution < -0.4 is 21.1 Å². The Balaban J connectivity index is 1.52. The van der Waals surface area contributed by atoms with Crippen molar-refractivity contribution in [3.8, 4) is 11.4 Å². The highest BCUT2D eigenvalue weighted by molar-refractivity contribution is 7.99. The van der Waals surface area contributed by atoms with Crippen LogP contribution in [0.4, 0.5) is 5.69 Å². The van der Waals surface area contributed by atoms with Crippen molar-refractivity contribution in [2.24, 2.45) is 0 Å². The molecule has 1 aromatic heterocycles.